The molecule has 0 spiro atoms. The van der Waals surface area contributed by atoms with Crippen LogP contribution in [0.3, 0.4) is 0 Å². The smallest absolute Gasteiger partial charge is 0.460 e. The van der Waals surface area contributed by atoms with Gasteiger partial charge in [0.05, 0.1) is 32.0 Å². The number of unbranched alkanes of at least 4 members (excludes halogenated alkanes) is 8. The fourth-order valence-corrected chi connectivity index (χ4v) is 6.71. The molecule has 1 N–H and O–H groups in total. The third-order valence-corrected chi connectivity index (χ3v) is 9.29. The number of ether oxygens (including phenoxy) is 4. The van der Waals surface area contributed by atoms with Crippen molar-refractivity contribution in [3.8, 4) is 0 Å². The molecule has 11 heteroatoms. The Labute approximate surface area is 250 Å². The molecule has 1 amide bonds. The predicted molar refractivity (Wildman–Crippen MR) is 163 cm³/mol. The first-order valence-corrected chi connectivity index (χ1v) is 17.5. The lowest BCUT2D eigenvalue weighted by Gasteiger charge is -2.28. The number of hydrogen-bond donors (Lipinski definition) is 1. The SMILES string of the molecule is C=C(C)C(=O)OCC(C)OCC(C)OCCNC(=O)OCCCCCCCCCCC[Si](OCC)(OCC)OCC. The normalized spacial score (nSPS) is 13.0. The maximum atomic E-state index is 11.8. The van der Waals surface area contributed by atoms with Gasteiger partial charge in [-0.3, -0.25) is 0 Å². The van der Waals surface area contributed by atoms with Gasteiger partial charge in [-0.2, -0.15) is 0 Å². The summed E-state index contributed by atoms with van der Waals surface area (Å²) >= 11 is 0. The van der Waals surface area contributed by atoms with E-state index in [0.29, 0.717) is 51.8 Å². The number of nitrogens with one attached hydrogen (secondary N) is 1. The summed E-state index contributed by atoms with van der Waals surface area (Å²) in [6, 6.07) is 0.897. The summed E-state index contributed by atoms with van der Waals surface area (Å²) in [5.74, 6) is -0.427. The van der Waals surface area contributed by atoms with E-state index in [2.05, 4.69) is 11.9 Å². The minimum Gasteiger partial charge on any atom is -0.460 e. The van der Waals surface area contributed by atoms with Gasteiger partial charge in [0.1, 0.15) is 6.61 Å². The van der Waals surface area contributed by atoms with E-state index in [4.69, 9.17) is 32.2 Å². The molecular weight excluding hydrogens is 546 g/mol. The third kappa shape index (κ3) is 22.7. The van der Waals surface area contributed by atoms with Gasteiger partial charge in [0.2, 0.25) is 0 Å². The average molecular weight is 606 g/mol. The van der Waals surface area contributed by atoms with Crippen LogP contribution >= 0.6 is 0 Å². The first-order valence-electron chi connectivity index (χ1n) is 15.6. The van der Waals surface area contributed by atoms with E-state index in [1.54, 1.807) is 6.92 Å². The first-order chi connectivity index (χ1) is 19.7. The fourth-order valence-electron chi connectivity index (χ4n) is 4.02. The minimum absolute atomic E-state index is 0.158. The van der Waals surface area contributed by atoms with Crippen LogP contribution in [0.15, 0.2) is 12.2 Å². The summed E-state index contributed by atoms with van der Waals surface area (Å²) in [5, 5.41) is 2.70. The van der Waals surface area contributed by atoms with Gasteiger partial charge < -0.3 is 37.5 Å². The molecule has 0 bridgehead atoms. The zero-order valence-electron chi connectivity index (χ0n) is 26.8. The maximum absolute atomic E-state index is 11.8. The molecule has 0 aromatic carbocycles. The Balaban J connectivity index is 3.63. The Kier molecular flexibility index (Phi) is 25.2. The maximum Gasteiger partial charge on any atom is 0.500 e. The van der Waals surface area contributed by atoms with Crippen molar-refractivity contribution >= 4 is 20.9 Å². The molecule has 0 heterocycles. The van der Waals surface area contributed by atoms with Crippen molar-refractivity contribution in [2.24, 2.45) is 0 Å². The molecule has 0 saturated carbocycles. The quantitative estimate of drug-likeness (QED) is 0.0482. The van der Waals surface area contributed by atoms with Crippen LogP contribution in [0.2, 0.25) is 6.04 Å². The minimum atomic E-state index is -2.49. The Morgan fingerprint density at radius 1 is 0.707 bits per heavy atom. The monoisotopic (exact) mass is 605 g/mol. The standard InChI is InChI=1S/C30H59NO9Si/c1-8-38-41(39-9-2,40-10-3)23-19-17-15-13-11-12-14-16-18-21-35-30(33)31-20-22-34-27(6)24-36-28(7)25-37-29(32)26(4)5/h27-28H,4,8-25H2,1-3,5-7H3,(H,31,33). The summed E-state index contributed by atoms with van der Waals surface area (Å²) in [6.07, 6.45) is 9.42. The van der Waals surface area contributed by atoms with Gasteiger partial charge in [0.15, 0.2) is 0 Å². The molecular formula is C30H59NO9Si. The topological polar surface area (TPSA) is 111 Å². The second-order valence-corrected chi connectivity index (χ2v) is 12.9. The van der Waals surface area contributed by atoms with E-state index in [-0.39, 0.29) is 18.8 Å². The molecule has 242 valence electrons. The fraction of sp³-hybridized carbons (Fsp3) is 0.867. The molecule has 0 aliphatic heterocycles. The van der Waals surface area contributed by atoms with Gasteiger partial charge in [0, 0.05) is 38.0 Å². The van der Waals surface area contributed by atoms with Crippen LogP contribution in [0.25, 0.3) is 0 Å². The highest BCUT2D eigenvalue weighted by atomic mass is 28.4. The number of hydrogen-bond acceptors (Lipinski definition) is 9. The highest BCUT2D eigenvalue weighted by Crippen LogP contribution is 2.21. The van der Waals surface area contributed by atoms with Gasteiger partial charge in [-0.05, 0) is 54.4 Å². The summed E-state index contributed by atoms with van der Waals surface area (Å²) in [7, 11) is -2.49. The molecule has 0 saturated heterocycles. The van der Waals surface area contributed by atoms with Crippen molar-refractivity contribution in [3.05, 3.63) is 12.2 Å². The Bertz CT molecular complexity index is 663. The molecule has 0 radical (unpaired) electrons. The number of carbonyl (C=O) groups excluding carboxylic acids is 2. The number of rotatable bonds is 28. The van der Waals surface area contributed by atoms with Crippen LogP contribution in [0.4, 0.5) is 4.79 Å². The number of alkyl carbamates (subject to hydrolysis) is 1. The van der Waals surface area contributed by atoms with Gasteiger partial charge >= 0.3 is 20.9 Å². The molecule has 0 aliphatic rings. The third-order valence-electron chi connectivity index (χ3n) is 6.14. The van der Waals surface area contributed by atoms with Crippen molar-refractivity contribution in [1.82, 2.24) is 5.32 Å². The lowest BCUT2D eigenvalue weighted by molar-refractivity contribution is -0.143. The van der Waals surface area contributed by atoms with Crippen molar-refractivity contribution in [2.75, 3.05) is 52.8 Å². The van der Waals surface area contributed by atoms with E-state index in [0.717, 1.165) is 31.7 Å². The van der Waals surface area contributed by atoms with Gasteiger partial charge in [-0.25, -0.2) is 9.59 Å². The highest BCUT2D eigenvalue weighted by Gasteiger charge is 2.39. The average Bonchev–Trinajstić information content (AvgIpc) is 2.93. The number of amides is 1. The predicted octanol–water partition coefficient (Wildman–Crippen LogP) is 6.20. The Morgan fingerprint density at radius 3 is 1.76 bits per heavy atom. The van der Waals surface area contributed by atoms with E-state index < -0.39 is 20.9 Å². The number of esters is 1. The van der Waals surface area contributed by atoms with Crippen LogP contribution in [-0.2, 0) is 37.0 Å². The van der Waals surface area contributed by atoms with Crippen molar-refractivity contribution in [3.63, 3.8) is 0 Å². The lowest BCUT2D eigenvalue weighted by Crippen LogP contribution is -2.45. The van der Waals surface area contributed by atoms with Crippen molar-refractivity contribution in [1.29, 1.82) is 0 Å². The molecule has 0 fully saturated rings. The summed E-state index contributed by atoms with van der Waals surface area (Å²) in [4.78, 5) is 23.2. The molecule has 0 aromatic heterocycles. The zero-order valence-corrected chi connectivity index (χ0v) is 27.8. The van der Waals surface area contributed by atoms with Crippen LogP contribution in [0, 0.1) is 0 Å². The van der Waals surface area contributed by atoms with Crippen LogP contribution < -0.4 is 5.32 Å². The van der Waals surface area contributed by atoms with E-state index in [9.17, 15) is 9.59 Å². The largest absolute Gasteiger partial charge is 0.500 e. The van der Waals surface area contributed by atoms with Crippen molar-refractivity contribution < 1.29 is 41.8 Å². The molecule has 0 rings (SSSR count). The molecule has 41 heavy (non-hydrogen) atoms. The van der Waals surface area contributed by atoms with E-state index in [1.807, 2.05) is 34.6 Å². The van der Waals surface area contributed by atoms with Gasteiger partial charge in [-0.1, -0.05) is 51.5 Å². The second-order valence-electron chi connectivity index (χ2n) is 10.2. The lowest BCUT2D eigenvalue weighted by atomic mass is 10.1. The zero-order chi connectivity index (χ0) is 30.8. The number of carbonyl (C=O) groups is 2. The summed E-state index contributed by atoms with van der Waals surface area (Å²) < 4.78 is 39.3. The molecule has 0 aromatic rings. The highest BCUT2D eigenvalue weighted by molar-refractivity contribution is 6.60. The summed E-state index contributed by atoms with van der Waals surface area (Å²) in [6.45, 7) is 18.4. The van der Waals surface area contributed by atoms with E-state index >= 15 is 0 Å². The van der Waals surface area contributed by atoms with Gasteiger partial charge in [-0.15, -0.1) is 0 Å². The van der Waals surface area contributed by atoms with Crippen LogP contribution in [0.5, 0.6) is 0 Å². The van der Waals surface area contributed by atoms with E-state index in [1.165, 1.54) is 32.1 Å². The molecule has 2 atom stereocenters. The Morgan fingerprint density at radius 2 is 1.22 bits per heavy atom. The summed E-state index contributed by atoms with van der Waals surface area (Å²) in [5.41, 5.74) is 0.358. The first kappa shape index (κ1) is 39.5. The molecule has 2 unspecified atom stereocenters. The van der Waals surface area contributed by atoms with Gasteiger partial charge in [0.25, 0.3) is 0 Å². The molecule has 0 aliphatic carbocycles. The van der Waals surface area contributed by atoms with Crippen LogP contribution in [0.1, 0.15) is 99.3 Å². The molecule has 10 nitrogen and oxygen atoms in total. The van der Waals surface area contributed by atoms with Crippen LogP contribution in [-0.4, -0.2) is 85.9 Å². The second kappa shape index (κ2) is 26.1. The Hall–Kier alpha value is -1.50. The van der Waals surface area contributed by atoms with Crippen molar-refractivity contribution in [2.45, 2.75) is 118 Å².